The second-order valence-corrected chi connectivity index (χ2v) is 4.59. The molecule has 4 nitrogen and oxygen atoms in total. The van der Waals surface area contributed by atoms with Crippen molar-refractivity contribution in [2.24, 2.45) is 18.7 Å². The van der Waals surface area contributed by atoms with E-state index in [9.17, 15) is 0 Å². The minimum absolute atomic E-state index is 0.111. The van der Waals surface area contributed by atoms with Gasteiger partial charge in [0.15, 0.2) is 5.82 Å². The van der Waals surface area contributed by atoms with Gasteiger partial charge in [-0.05, 0) is 31.6 Å². The Morgan fingerprint density at radius 3 is 2.64 bits per heavy atom. The molecule has 0 spiro atoms. The Hall–Kier alpha value is -0.900. The van der Waals surface area contributed by atoms with Crippen molar-refractivity contribution in [1.82, 2.24) is 14.8 Å². The normalized spacial score (nSPS) is 23.9. The van der Waals surface area contributed by atoms with E-state index in [2.05, 4.69) is 10.1 Å². The zero-order valence-corrected chi connectivity index (χ0v) is 8.48. The monoisotopic (exact) mass is 192 g/mol. The van der Waals surface area contributed by atoms with Crippen LogP contribution in [0.3, 0.4) is 0 Å². The summed E-state index contributed by atoms with van der Waals surface area (Å²) in [5.74, 6) is 3.28. The van der Waals surface area contributed by atoms with E-state index in [4.69, 9.17) is 5.73 Å². The van der Waals surface area contributed by atoms with Gasteiger partial charge in [0.2, 0.25) is 0 Å². The second-order valence-electron chi connectivity index (χ2n) is 4.59. The molecule has 0 radical (unpaired) electrons. The van der Waals surface area contributed by atoms with Gasteiger partial charge >= 0.3 is 0 Å². The van der Waals surface area contributed by atoms with Crippen LogP contribution in [0, 0.1) is 5.92 Å². The summed E-state index contributed by atoms with van der Waals surface area (Å²) in [6, 6.07) is 0.111. The van der Waals surface area contributed by atoms with E-state index in [1.165, 1.54) is 25.7 Å². The smallest absolute Gasteiger partial charge is 0.154 e. The summed E-state index contributed by atoms with van der Waals surface area (Å²) in [5, 5.41) is 4.43. The van der Waals surface area contributed by atoms with Gasteiger partial charge in [-0.2, -0.15) is 5.10 Å². The molecule has 2 aliphatic rings. The number of nitrogens with two attached hydrogens (primary N) is 1. The first kappa shape index (κ1) is 8.41. The molecule has 2 aliphatic carbocycles. The van der Waals surface area contributed by atoms with Crippen molar-refractivity contribution in [3.05, 3.63) is 11.6 Å². The summed E-state index contributed by atoms with van der Waals surface area (Å²) >= 11 is 0. The molecule has 1 heterocycles. The average molecular weight is 192 g/mol. The lowest BCUT2D eigenvalue weighted by molar-refractivity contribution is 0.551. The molecule has 0 amide bonds. The molecule has 0 bridgehead atoms. The van der Waals surface area contributed by atoms with Gasteiger partial charge in [-0.25, -0.2) is 4.98 Å². The van der Waals surface area contributed by atoms with Gasteiger partial charge in [-0.3, -0.25) is 4.68 Å². The fraction of sp³-hybridized carbons (Fsp3) is 0.800. The van der Waals surface area contributed by atoms with Gasteiger partial charge in [0.05, 0.1) is 6.04 Å². The highest BCUT2D eigenvalue weighted by Gasteiger charge is 2.34. The Balaban J connectivity index is 1.87. The van der Waals surface area contributed by atoms with Crippen LogP contribution in [0.1, 0.15) is 49.3 Å². The van der Waals surface area contributed by atoms with Crippen molar-refractivity contribution < 1.29 is 0 Å². The lowest BCUT2D eigenvalue weighted by atomic mass is 10.2. The van der Waals surface area contributed by atoms with Crippen LogP contribution in [0.2, 0.25) is 0 Å². The van der Waals surface area contributed by atoms with Crippen LogP contribution < -0.4 is 5.73 Å². The van der Waals surface area contributed by atoms with Crippen LogP contribution in [0.15, 0.2) is 0 Å². The largest absolute Gasteiger partial charge is 0.321 e. The Bertz CT molecular complexity index is 349. The van der Waals surface area contributed by atoms with E-state index >= 15 is 0 Å². The summed E-state index contributed by atoms with van der Waals surface area (Å²) in [6.07, 6.45) is 5.02. The first-order chi connectivity index (χ1) is 6.75. The standard InChI is InChI=1S/C10H16N4/c1-14-10(8(11)6-2-3-6)12-9(13-14)7-4-5-7/h6-8H,2-5,11H2,1H3. The van der Waals surface area contributed by atoms with Crippen molar-refractivity contribution in [3.8, 4) is 0 Å². The van der Waals surface area contributed by atoms with E-state index in [0.29, 0.717) is 11.8 Å². The van der Waals surface area contributed by atoms with E-state index in [-0.39, 0.29) is 6.04 Å². The molecule has 1 atom stereocenters. The van der Waals surface area contributed by atoms with Gasteiger partial charge in [-0.1, -0.05) is 0 Å². The van der Waals surface area contributed by atoms with E-state index in [1.807, 2.05) is 11.7 Å². The first-order valence-corrected chi connectivity index (χ1v) is 5.42. The van der Waals surface area contributed by atoms with Crippen molar-refractivity contribution in [2.75, 3.05) is 0 Å². The van der Waals surface area contributed by atoms with Gasteiger partial charge in [0.25, 0.3) is 0 Å². The quantitative estimate of drug-likeness (QED) is 0.780. The van der Waals surface area contributed by atoms with E-state index in [0.717, 1.165) is 11.6 Å². The van der Waals surface area contributed by atoms with Crippen molar-refractivity contribution in [1.29, 1.82) is 0 Å². The van der Waals surface area contributed by atoms with Crippen LogP contribution in [-0.4, -0.2) is 14.8 Å². The summed E-state index contributed by atoms with van der Waals surface area (Å²) < 4.78 is 1.87. The van der Waals surface area contributed by atoms with Crippen molar-refractivity contribution in [2.45, 2.75) is 37.6 Å². The molecule has 14 heavy (non-hydrogen) atoms. The molecular weight excluding hydrogens is 176 g/mol. The van der Waals surface area contributed by atoms with E-state index in [1.54, 1.807) is 0 Å². The third kappa shape index (κ3) is 1.34. The molecule has 4 heteroatoms. The molecule has 2 fully saturated rings. The van der Waals surface area contributed by atoms with Crippen molar-refractivity contribution >= 4 is 0 Å². The fourth-order valence-corrected chi connectivity index (χ4v) is 1.89. The minimum atomic E-state index is 0.111. The summed E-state index contributed by atoms with van der Waals surface area (Å²) in [6.45, 7) is 0. The predicted octanol–water partition coefficient (Wildman–Crippen LogP) is 1.10. The molecule has 0 aromatic carbocycles. The number of aryl methyl sites for hydroxylation is 1. The molecule has 0 saturated heterocycles. The SMILES string of the molecule is Cn1nc(C2CC2)nc1C(N)C1CC1. The van der Waals surface area contributed by atoms with Crippen LogP contribution in [0.5, 0.6) is 0 Å². The second kappa shape index (κ2) is 2.79. The predicted molar refractivity (Wildman–Crippen MR) is 52.6 cm³/mol. The van der Waals surface area contributed by atoms with Crippen LogP contribution in [0.25, 0.3) is 0 Å². The lowest BCUT2D eigenvalue weighted by Gasteiger charge is -2.07. The Morgan fingerprint density at radius 1 is 1.36 bits per heavy atom. The number of aromatic nitrogens is 3. The summed E-state index contributed by atoms with van der Waals surface area (Å²) in [4.78, 5) is 4.56. The zero-order valence-electron chi connectivity index (χ0n) is 8.48. The summed E-state index contributed by atoms with van der Waals surface area (Å²) in [7, 11) is 1.95. The third-order valence-corrected chi connectivity index (χ3v) is 3.18. The minimum Gasteiger partial charge on any atom is -0.321 e. The number of rotatable bonds is 3. The highest BCUT2D eigenvalue weighted by atomic mass is 15.3. The molecule has 0 aliphatic heterocycles. The first-order valence-electron chi connectivity index (χ1n) is 5.42. The molecule has 3 rings (SSSR count). The highest BCUT2D eigenvalue weighted by Crippen LogP contribution is 2.41. The Labute approximate surface area is 83.5 Å². The van der Waals surface area contributed by atoms with Gasteiger partial charge < -0.3 is 5.73 Å². The van der Waals surface area contributed by atoms with Gasteiger partial charge in [0.1, 0.15) is 5.82 Å². The Morgan fingerprint density at radius 2 is 2.07 bits per heavy atom. The maximum Gasteiger partial charge on any atom is 0.154 e. The molecule has 2 saturated carbocycles. The average Bonchev–Trinajstić information content (AvgIpc) is 2.99. The molecule has 1 aromatic heterocycles. The molecule has 2 N–H and O–H groups in total. The molecule has 1 unspecified atom stereocenters. The van der Waals surface area contributed by atoms with Crippen LogP contribution in [-0.2, 0) is 7.05 Å². The van der Waals surface area contributed by atoms with Gasteiger partial charge in [0, 0.05) is 13.0 Å². The third-order valence-electron chi connectivity index (χ3n) is 3.18. The van der Waals surface area contributed by atoms with E-state index < -0.39 is 0 Å². The molecular formula is C10H16N4. The maximum absolute atomic E-state index is 6.11. The topological polar surface area (TPSA) is 56.7 Å². The number of hydrogen-bond acceptors (Lipinski definition) is 3. The molecule has 1 aromatic rings. The maximum atomic E-state index is 6.11. The van der Waals surface area contributed by atoms with Crippen molar-refractivity contribution in [3.63, 3.8) is 0 Å². The molecule has 76 valence electrons. The fourth-order valence-electron chi connectivity index (χ4n) is 1.89. The lowest BCUT2D eigenvalue weighted by Crippen LogP contribution is -2.17. The number of nitrogens with zero attached hydrogens (tertiary/aromatic N) is 3. The van der Waals surface area contributed by atoms with Crippen LogP contribution >= 0.6 is 0 Å². The Kier molecular flexibility index (Phi) is 1.68. The summed E-state index contributed by atoms with van der Waals surface area (Å²) in [5.41, 5.74) is 6.11. The van der Waals surface area contributed by atoms with Crippen LogP contribution in [0.4, 0.5) is 0 Å². The highest BCUT2D eigenvalue weighted by molar-refractivity contribution is 5.09. The number of hydrogen-bond donors (Lipinski definition) is 1. The zero-order chi connectivity index (χ0) is 9.71. The van der Waals surface area contributed by atoms with Gasteiger partial charge in [-0.15, -0.1) is 0 Å².